The summed E-state index contributed by atoms with van der Waals surface area (Å²) < 4.78 is 6.99. The van der Waals surface area contributed by atoms with Gasteiger partial charge in [-0.2, -0.15) is 0 Å². The minimum atomic E-state index is -0.0749. The molecule has 0 fully saturated rings. The molecule has 1 N–H and O–H groups in total. The lowest BCUT2D eigenvalue weighted by atomic mass is 10.1. The summed E-state index contributed by atoms with van der Waals surface area (Å²) in [5, 5.41) is 3.10. The van der Waals surface area contributed by atoms with Gasteiger partial charge in [0.25, 0.3) is 0 Å². The van der Waals surface area contributed by atoms with E-state index in [2.05, 4.69) is 19.2 Å². The first-order valence-corrected chi connectivity index (χ1v) is 8.31. The quantitative estimate of drug-likeness (QED) is 0.805. The SMILES string of the molecule is CCCCC(CC)NC(=O)n1ccc(-c2ccccc2OC)c1. The summed E-state index contributed by atoms with van der Waals surface area (Å²) >= 11 is 0. The number of nitrogens with one attached hydrogen (secondary N) is 1. The Bertz CT molecular complexity index is 634. The molecule has 0 saturated heterocycles. The molecular formula is C19H26N2O2. The summed E-state index contributed by atoms with van der Waals surface area (Å²) in [6.07, 6.45) is 7.90. The lowest BCUT2D eigenvalue weighted by molar-refractivity contribution is 0.237. The molecule has 0 radical (unpaired) electrons. The molecule has 0 aliphatic rings. The van der Waals surface area contributed by atoms with Gasteiger partial charge in [0.05, 0.1) is 7.11 Å². The van der Waals surface area contributed by atoms with Crippen LogP contribution in [0.1, 0.15) is 39.5 Å². The number of benzene rings is 1. The van der Waals surface area contributed by atoms with E-state index in [1.807, 2.05) is 36.5 Å². The monoisotopic (exact) mass is 314 g/mol. The number of carbonyl (C=O) groups excluding carboxylic acids is 1. The molecule has 0 saturated carbocycles. The van der Waals surface area contributed by atoms with Gasteiger partial charge in [0.2, 0.25) is 0 Å². The zero-order valence-electron chi connectivity index (χ0n) is 14.2. The van der Waals surface area contributed by atoms with Crippen molar-refractivity contribution >= 4 is 6.03 Å². The number of aromatic nitrogens is 1. The van der Waals surface area contributed by atoms with Crippen molar-refractivity contribution in [1.82, 2.24) is 9.88 Å². The van der Waals surface area contributed by atoms with Gasteiger partial charge in [-0.25, -0.2) is 4.79 Å². The van der Waals surface area contributed by atoms with Crippen LogP contribution in [-0.4, -0.2) is 23.7 Å². The normalized spacial score (nSPS) is 12.0. The predicted molar refractivity (Wildman–Crippen MR) is 94.0 cm³/mol. The van der Waals surface area contributed by atoms with Crippen LogP contribution in [0.25, 0.3) is 11.1 Å². The number of amides is 1. The zero-order valence-corrected chi connectivity index (χ0v) is 14.2. The molecule has 4 heteroatoms. The average molecular weight is 314 g/mol. The highest BCUT2D eigenvalue weighted by molar-refractivity contribution is 5.80. The second-order valence-corrected chi connectivity index (χ2v) is 5.70. The number of methoxy groups -OCH3 is 1. The molecule has 1 atom stereocenters. The summed E-state index contributed by atoms with van der Waals surface area (Å²) in [5.74, 6) is 0.806. The third-order valence-electron chi connectivity index (χ3n) is 4.07. The number of rotatable bonds is 7. The number of unbranched alkanes of at least 4 members (excludes halogenated alkanes) is 1. The topological polar surface area (TPSA) is 43.3 Å². The molecular weight excluding hydrogens is 288 g/mol. The summed E-state index contributed by atoms with van der Waals surface area (Å²) in [5.41, 5.74) is 1.96. The Morgan fingerprint density at radius 2 is 2.04 bits per heavy atom. The van der Waals surface area contributed by atoms with Gasteiger partial charge in [-0.15, -0.1) is 0 Å². The van der Waals surface area contributed by atoms with E-state index in [4.69, 9.17) is 4.74 Å². The first-order chi connectivity index (χ1) is 11.2. The van der Waals surface area contributed by atoms with Crippen molar-refractivity contribution in [3.05, 3.63) is 42.7 Å². The highest BCUT2D eigenvalue weighted by Gasteiger charge is 2.13. The Hall–Kier alpha value is -2.23. The van der Waals surface area contributed by atoms with E-state index >= 15 is 0 Å². The van der Waals surface area contributed by atoms with Crippen LogP contribution in [0.5, 0.6) is 5.75 Å². The van der Waals surface area contributed by atoms with E-state index < -0.39 is 0 Å². The van der Waals surface area contributed by atoms with E-state index in [-0.39, 0.29) is 12.1 Å². The highest BCUT2D eigenvalue weighted by atomic mass is 16.5. The Kier molecular flexibility index (Phi) is 6.27. The molecule has 1 heterocycles. The van der Waals surface area contributed by atoms with E-state index in [1.165, 1.54) is 0 Å². The summed E-state index contributed by atoms with van der Waals surface area (Å²) in [7, 11) is 1.65. The number of hydrogen-bond donors (Lipinski definition) is 1. The van der Waals surface area contributed by atoms with E-state index in [1.54, 1.807) is 17.9 Å². The minimum Gasteiger partial charge on any atom is -0.496 e. The van der Waals surface area contributed by atoms with Crippen LogP contribution in [0.15, 0.2) is 42.7 Å². The first kappa shape index (κ1) is 17.1. The first-order valence-electron chi connectivity index (χ1n) is 8.31. The molecule has 4 nitrogen and oxygen atoms in total. The molecule has 0 spiro atoms. The molecule has 1 aromatic heterocycles. The molecule has 2 rings (SSSR count). The second-order valence-electron chi connectivity index (χ2n) is 5.70. The number of nitrogens with zero attached hydrogens (tertiary/aromatic N) is 1. The fourth-order valence-corrected chi connectivity index (χ4v) is 2.64. The van der Waals surface area contributed by atoms with Gasteiger partial charge in [0, 0.05) is 29.6 Å². The second kappa shape index (κ2) is 8.42. The number of para-hydroxylation sites is 1. The maximum absolute atomic E-state index is 12.4. The van der Waals surface area contributed by atoms with Crippen molar-refractivity contribution in [2.75, 3.05) is 7.11 Å². The van der Waals surface area contributed by atoms with Gasteiger partial charge in [-0.05, 0) is 25.0 Å². The van der Waals surface area contributed by atoms with Crippen LogP contribution < -0.4 is 10.1 Å². The molecule has 23 heavy (non-hydrogen) atoms. The highest BCUT2D eigenvalue weighted by Crippen LogP contribution is 2.29. The van der Waals surface area contributed by atoms with Crippen molar-refractivity contribution in [3.8, 4) is 16.9 Å². The Morgan fingerprint density at radius 3 is 2.74 bits per heavy atom. The van der Waals surface area contributed by atoms with E-state index in [9.17, 15) is 4.79 Å². The van der Waals surface area contributed by atoms with Crippen molar-refractivity contribution < 1.29 is 9.53 Å². The molecule has 0 aliphatic carbocycles. The van der Waals surface area contributed by atoms with Gasteiger partial charge in [-0.1, -0.05) is 44.9 Å². The van der Waals surface area contributed by atoms with Crippen LogP contribution in [0.2, 0.25) is 0 Å². The van der Waals surface area contributed by atoms with Crippen LogP contribution in [-0.2, 0) is 0 Å². The largest absolute Gasteiger partial charge is 0.496 e. The lowest BCUT2D eigenvalue weighted by Gasteiger charge is -2.16. The Morgan fingerprint density at radius 1 is 1.26 bits per heavy atom. The summed E-state index contributed by atoms with van der Waals surface area (Å²) in [6, 6.07) is 9.91. The summed E-state index contributed by atoms with van der Waals surface area (Å²) in [4.78, 5) is 12.4. The minimum absolute atomic E-state index is 0.0749. The van der Waals surface area contributed by atoms with Gasteiger partial charge in [0.1, 0.15) is 5.75 Å². The van der Waals surface area contributed by atoms with Crippen molar-refractivity contribution in [3.63, 3.8) is 0 Å². The van der Waals surface area contributed by atoms with Crippen LogP contribution in [0, 0.1) is 0 Å². The molecule has 124 valence electrons. The van der Waals surface area contributed by atoms with Crippen LogP contribution in [0.4, 0.5) is 4.79 Å². The third-order valence-corrected chi connectivity index (χ3v) is 4.07. The molecule has 1 amide bonds. The fourth-order valence-electron chi connectivity index (χ4n) is 2.64. The van der Waals surface area contributed by atoms with Crippen molar-refractivity contribution in [1.29, 1.82) is 0 Å². The number of hydrogen-bond acceptors (Lipinski definition) is 2. The van der Waals surface area contributed by atoms with Gasteiger partial charge in [0.15, 0.2) is 0 Å². The lowest BCUT2D eigenvalue weighted by Crippen LogP contribution is -2.36. The van der Waals surface area contributed by atoms with Crippen LogP contribution in [0.3, 0.4) is 0 Å². The molecule has 1 aromatic carbocycles. The Labute approximate surface area is 138 Å². The fraction of sp³-hybridized carbons (Fsp3) is 0.421. The standard InChI is InChI=1S/C19H26N2O2/c1-4-6-9-16(5-2)20-19(22)21-13-12-15(14-21)17-10-7-8-11-18(17)23-3/h7-8,10-14,16H,4-6,9H2,1-3H3,(H,20,22). The molecule has 0 bridgehead atoms. The Balaban J connectivity index is 2.10. The number of carbonyl (C=O) groups is 1. The van der Waals surface area contributed by atoms with E-state index in [0.29, 0.717) is 0 Å². The van der Waals surface area contributed by atoms with Crippen molar-refractivity contribution in [2.24, 2.45) is 0 Å². The van der Waals surface area contributed by atoms with Gasteiger partial charge < -0.3 is 10.1 Å². The van der Waals surface area contributed by atoms with Gasteiger partial charge >= 0.3 is 6.03 Å². The maximum atomic E-state index is 12.4. The van der Waals surface area contributed by atoms with E-state index in [0.717, 1.165) is 42.6 Å². The summed E-state index contributed by atoms with van der Waals surface area (Å²) in [6.45, 7) is 4.27. The van der Waals surface area contributed by atoms with Gasteiger partial charge in [-0.3, -0.25) is 4.57 Å². The van der Waals surface area contributed by atoms with Crippen LogP contribution >= 0.6 is 0 Å². The average Bonchev–Trinajstić information content (AvgIpc) is 3.08. The van der Waals surface area contributed by atoms with Crippen molar-refractivity contribution in [2.45, 2.75) is 45.6 Å². The predicted octanol–water partition coefficient (Wildman–Crippen LogP) is 4.69. The maximum Gasteiger partial charge on any atom is 0.325 e. The molecule has 0 aliphatic heterocycles. The molecule has 1 unspecified atom stereocenters. The smallest absolute Gasteiger partial charge is 0.325 e. The molecule has 2 aromatic rings. The zero-order chi connectivity index (χ0) is 16.7. The third kappa shape index (κ3) is 4.38. The number of ether oxygens (including phenoxy) is 1.